The highest BCUT2D eigenvalue weighted by atomic mass is 16.5. The van der Waals surface area contributed by atoms with Gasteiger partial charge >= 0.3 is 6.03 Å². The summed E-state index contributed by atoms with van der Waals surface area (Å²) in [6.07, 6.45) is 1.69. The van der Waals surface area contributed by atoms with Crippen molar-refractivity contribution in [3.63, 3.8) is 0 Å². The average molecular weight is 325 g/mol. The maximum atomic E-state index is 12.4. The number of ether oxygens (including phenoxy) is 1. The fourth-order valence-electron chi connectivity index (χ4n) is 3.21. The van der Waals surface area contributed by atoms with E-state index in [0.717, 1.165) is 12.8 Å². The molecule has 3 amide bonds. The highest BCUT2D eigenvalue weighted by Crippen LogP contribution is 2.24. The van der Waals surface area contributed by atoms with Crippen molar-refractivity contribution in [3.8, 4) is 0 Å². The molecule has 23 heavy (non-hydrogen) atoms. The van der Waals surface area contributed by atoms with Gasteiger partial charge in [0.1, 0.15) is 0 Å². The van der Waals surface area contributed by atoms with Gasteiger partial charge in [-0.2, -0.15) is 0 Å². The van der Waals surface area contributed by atoms with E-state index in [1.807, 2.05) is 30.6 Å². The third-order valence-corrected chi connectivity index (χ3v) is 4.52. The monoisotopic (exact) mass is 325 g/mol. The quantitative estimate of drug-likeness (QED) is 0.800. The Labute approximate surface area is 139 Å². The fourth-order valence-corrected chi connectivity index (χ4v) is 3.21. The van der Waals surface area contributed by atoms with E-state index in [1.165, 1.54) is 0 Å². The number of hydrogen-bond donors (Lipinski definition) is 1. The first kappa shape index (κ1) is 18.0. The minimum Gasteiger partial charge on any atom is -0.375 e. The Morgan fingerprint density at radius 2 is 1.65 bits per heavy atom. The smallest absolute Gasteiger partial charge is 0.317 e. The second kappa shape index (κ2) is 6.67. The van der Waals surface area contributed by atoms with E-state index in [1.54, 1.807) is 0 Å². The Morgan fingerprint density at radius 1 is 1.09 bits per heavy atom. The Bertz CT molecular complexity index is 448. The number of amides is 3. The molecule has 0 spiro atoms. The normalized spacial score (nSPS) is 25.2. The van der Waals surface area contributed by atoms with Crippen molar-refractivity contribution in [1.29, 1.82) is 0 Å². The molecule has 0 aliphatic carbocycles. The standard InChI is InChI=1S/C17H31N3O3/c1-16(2,3)14(21)19-7-9-20(10-8-19)15(22)18-13-6-11-23-17(4,5)12-13/h13H,6-12H2,1-5H3,(H,18,22). The van der Waals surface area contributed by atoms with E-state index < -0.39 is 0 Å². The zero-order valence-corrected chi connectivity index (χ0v) is 15.1. The van der Waals surface area contributed by atoms with Crippen molar-refractivity contribution in [2.24, 2.45) is 5.41 Å². The Kier molecular flexibility index (Phi) is 5.23. The molecular weight excluding hydrogens is 294 g/mol. The molecule has 132 valence electrons. The number of carbonyl (C=O) groups excluding carboxylic acids is 2. The SMILES string of the molecule is CC1(C)CC(NC(=O)N2CCN(C(=O)C(C)(C)C)CC2)CCO1. The zero-order valence-electron chi connectivity index (χ0n) is 15.1. The number of rotatable bonds is 1. The maximum absolute atomic E-state index is 12.4. The lowest BCUT2D eigenvalue weighted by Gasteiger charge is -2.39. The summed E-state index contributed by atoms with van der Waals surface area (Å²) in [7, 11) is 0. The van der Waals surface area contributed by atoms with Crippen LogP contribution >= 0.6 is 0 Å². The molecule has 1 unspecified atom stereocenters. The van der Waals surface area contributed by atoms with E-state index in [2.05, 4.69) is 19.2 Å². The number of nitrogens with one attached hydrogen (secondary N) is 1. The van der Waals surface area contributed by atoms with Crippen molar-refractivity contribution < 1.29 is 14.3 Å². The first-order valence-corrected chi connectivity index (χ1v) is 8.57. The summed E-state index contributed by atoms with van der Waals surface area (Å²) < 4.78 is 5.69. The molecule has 0 saturated carbocycles. The average Bonchev–Trinajstić information content (AvgIpc) is 2.44. The fraction of sp³-hybridized carbons (Fsp3) is 0.882. The highest BCUT2D eigenvalue weighted by Gasteiger charge is 2.33. The lowest BCUT2D eigenvalue weighted by atomic mass is 9.94. The molecule has 6 heteroatoms. The van der Waals surface area contributed by atoms with Gasteiger partial charge in [0.25, 0.3) is 0 Å². The first-order chi connectivity index (χ1) is 10.6. The van der Waals surface area contributed by atoms with Crippen LogP contribution in [0.2, 0.25) is 0 Å². The van der Waals surface area contributed by atoms with Crippen molar-refractivity contribution in [2.45, 2.75) is 59.1 Å². The predicted octanol–water partition coefficient (Wildman–Crippen LogP) is 1.84. The van der Waals surface area contributed by atoms with Crippen LogP contribution in [0.3, 0.4) is 0 Å². The second-order valence-electron chi connectivity index (χ2n) is 8.28. The van der Waals surface area contributed by atoms with Gasteiger partial charge in [0, 0.05) is 44.2 Å². The van der Waals surface area contributed by atoms with Crippen LogP contribution in [-0.4, -0.2) is 66.2 Å². The molecule has 1 atom stereocenters. The molecule has 2 heterocycles. The summed E-state index contributed by atoms with van der Waals surface area (Å²) in [5.41, 5.74) is -0.536. The van der Waals surface area contributed by atoms with Crippen LogP contribution in [0.25, 0.3) is 0 Å². The number of urea groups is 1. The number of hydrogen-bond acceptors (Lipinski definition) is 3. The Morgan fingerprint density at radius 3 is 2.17 bits per heavy atom. The first-order valence-electron chi connectivity index (χ1n) is 8.57. The molecule has 2 rings (SSSR count). The van der Waals surface area contributed by atoms with Gasteiger partial charge in [-0.25, -0.2) is 4.79 Å². The molecule has 2 aliphatic heterocycles. The molecule has 2 saturated heterocycles. The van der Waals surface area contributed by atoms with Gasteiger partial charge in [-0.3, -0.25) is 4.79 Å². The molecule has 0 aromatic carbocycles. The topological polar surface area (TPSA) is 61.9 Å². The summed E-state index contributed by atoms with van der Waals surface area (Å²) in [6.45, 7) is 13.0. The molecule has 6 nitrogen and oxygen atoms in total. The molecule has 0 radical (unpaired) electrons. The van der Waals surface area contributed by atoms with E-state index >= 15 is 0 Å². The van der Waals surface area contributed by atoms with Crippen LogP contribution in [0, 0.1) is 5.41 Å². The van der Waals surface area contributed by atoms with Gasteiger partial charge in [0.05, 0.1) is 5.60 Å². The summed E-state index contributed by atoms with van der Waals surface area (Å²) in [5, 5.41) is 3.12. The third-order valence-electron chi connectivity index (χ3n) is 4.52. The van der Waals surface area contributed by atoms with Crippen LogP contribution in [0.5, 0.6) is 0 Å². The van der Waals surface area contributed by atoms with Gasteiger partial charge in [-0.1, -0.05) is 20.8 Å². The van der Waals surface area contributed by atoms with Gasteiger partial charge < -0.3 is 19.9 Å². The van der Waals surface area contributed by atoms with Gasteiger partial charge in [-0.15, -0.1) is 0 Å². The minimum absolute atomic E-state index is 0.0180. The van der Waals surface area contributed by atoms with E-state index in [-0.39, 0.29) is 29.0 Å². The van der Waals surface area contributed by atoms with E-state index in [9.17, 15) is 9.59 Å². The minimum atomic E-state index is -0.363. The Balaban J connectivity index is 1.81. The number of piperazine rings is 1. The molecule has 0 aromatic rings. The van der Waals surface area contributed by atoms with Gasteiger partial charge in [-0.05, 0) is 26.7 Å². The molecule has 0 aromatic heterocycles. The molecule has 0 bridgehead atoms. The number of carbonyl (C=O) groups is 2. The summed E-state index contributed by atoms with van der Waals surface area (Å²) >= 11 is 0. The van der Waals surface area contributed by atoms with Crippen LogP contribution in [0.15, 0.2) is 0 Å². The van der Waals surface area contributed by atoms with E-state index in [0.29, 0.717) is 32.8 Å². The third kappa shape index (κ3) is 4.83. The second-order valence-corrected chi connectivity index (χ2v) is 8.28. The molecule has 1 N–H and O–H groups in total. The molecule has 2 aliphatic rings. The number of nitrogens with zero attached hydrogens (tertiary/aromatic N) is 2. The van der Waals surface area contributed by atoms with Gasteiger partial charge in [0.2, 0.25) is 5.91 Å². The summed E-state index contributed by atoms with van der Waals surface area (Å²) in [6, 6.07) is 0.149. The largest absolute Gasteiger partial charge is 0.375 e. The van der Waals surface area contributed by atoms with Crippen molar-refractivity contribution in [3.05, 3.63) is 0 Å². The Hall–Kier alpha value is -1.30. The summed E-state index contributed by atoms with van der Waals surface area (Å²) in [5.74, 6) is 0.156. The summed E-state index contributed by atoms with van der Waals surface area (Å²) in [4.78, 5) is 28.4. The highest BCUT2D eigenvalue weighted by molar-refractivity contribution is 5.82. The molecular formula is C17H31N3O3. The van der Waals surface area contributed by atoms with Crippen molar-refractivity contribution >= 4 is 11.9 Å². The van der Waals surface area contributed by atoms with Crippen LogP contribution < -0.4 is 5.32 Å². The van der Waals surface area contributed by atoms with Crippen molar-refractivity contribution in [1.82, 2.24) is 15.1 Å². The van der Waals surface area contributed by atoms with Crippen LogP contribution in [0.4, 0.5) is 4.79 Å². The maximum Gasteiger partial charge on any atom is 0.317 e. The zero-order chi connectivity index (χ0) is 17.3. The van der Waals surface area contributed by atoms with Crippen LogP contribution in [-0.2, 0) is 9.53 Å². The van der Waals surface area contributed by atoms with E-state index in [4.69, 9.17) is 4.74 Å². The lowest BCUT2D eigenvalue weighted by molar-refractivity contribution is -0.140. The van der Waals surface area contributed by atoms with Gasteiger partial charge in [0.15, 0.2) is 0 Å². The van der Waals surface area contributed by atoms with Crippen molar-refractivity contribution in [2.75, 3.05) is 32.8 Å². The molecule has 2 fully saturated rings. The lowest BCUT2D eigenvalue weighted by Crippen LogP contribution is -2.57. The predicted molar refractivity (Wildman–Crippen MR) is 89.2 cm³/mol. The van der Waals surface area contributed by atoms with Crippen LogP contribution in [0.1, 0.15) is 47.5 Å².